The van der Waals surface area contributed by atoms with Crippen LogP contribution < -0.4 is 20.1 Å². The summed E-state index contributed by atoms with van der Waals surface area (Å²) in [4.78, 5) is 21.8. The van der Waals surface area contributed by atoms with E-state index in [1.807, 2.05) is 18.2 Å². The Morgan fingerprint density at radius 3 is 1.71 bits per heavy atom. The molecule has 0 unspecified atom stereocenters. The van der Waals surface area contributed by atoms with Crippen LogP contribution in [0.15, 0.2) is 36.4 Å². The number of methoxy groups -OCH3 is 2. The van der Waals surface area contributed by atoms with Gasteiger partial charge in [0.15, 0.2) is 0 Å². The number of nitrogens with one attached hydrogen (secondary N) is 2. The van der Waals surface area contributed by atoms with Crippen molar-refractivity contribution in [2.24, 2.45) is 0 Å². The highest BCUT2D eigenvalue weighted by atomic mass is 16.5. The molecule has 0 saturated carbocycles. The molecule has 0 radical (unpaired) electrons. The molecular weight excluding hydrogens is 396 g/mol. The summed E-state index contributed by atoms with van der Waals surface area (Å²) in [7, 11) is 3.17. The fourth-order valence-corrected chi connectivity index (χ4v) is 2.95. The highest BCUT2D eigenvalue weighted by Gasteiger charge is 2.21. The number of anilines is 2. The number of aliphatic hydroxyl groups is 1. The fourth-order valence-electron chi connectivity index (χ4n) is 2.95. The second kappa shape index (κ2) is 11.4. The average molecular weight is 431 g/mol. The number of rotatable bonds is 6. The monoisotopic (exact) mass is 430 g/mol. The van der Waals surface area contributed by atoms with Crippen LogP contribution in [0, 0.1) is 0 Å². The SMILES string of the molecule is COc1cc(NC(C)=O)ccc1C(C)(C)O.COc1cc(NC(C)=O)ccc1C(C)C. The number of hydrogen-bond donors (Lipinski definition) is 3. The fraction of sp³-hybridized carbons (Fsp3) is 0.417. The molecule has 7 nitrogen and oxygen atoms in total. The molecule has 0 aliphatic rings. The maximum absolute atomic E-state index is 10.9. The van der Waals surface area contributed by atoms with Gasteiger partial charge in [-0.25, -0.2) is 0 Å². The third kappa shape index (κ3) is 8.30. The summed E-state index contributed by atoms with van der Waals surface area (Å²) in [5.41, 5.74) is 2.27. The van der Waals surface area contributed by atoms with Gasteiger partial charge in [0.2, 0.25) is 11.8 Å². The minimum Gasteiger partial charge on any atom is -0.496 e. The standard InChI is InChI=1S/C12H17NO3.C12H17NO2/c1-8(14)13-9-5-6-10(12(2,3)15)11(7-9)16-4;1-8(2)11-6-5-10(13-9(3)14)7-12(11)15-4/h5-7,15H,1-4H3,(H,13,14);5-8H,1-4H3,(H,13,14). The van der Waals surface area contributed by atoms with Gasteiger partial charge in [-0.3, -0.25) is 9.59 Å². The van der Waals surface area contributed by atoms with Crippen LogP contribution in [0.3, 0.4) is 0 Å². The van der Waals surface area contributed by atoms with Crippen molar-refractivity contribution in [1.29, 1.82) is 0 Å². The van der Waals surface area contributed by atoms with Gasteiger partial charge in [0, 0.05) is 42.9 Å². The van der Waals surface area contributed by atoms with E-state index in [0.29, 0.717) is 22.9 Å². The summed E-state index contributed by atoms with van der Waals surface area (Å²) in [5.74, 6) is 1.56. The molecule has 0 fully saturated rings. The molecule has 2 aromatic carbocycles. The smallest absolute Gasteiger partial charge is 0.221 e. The molecule has 0 aliphatic heterocycles. The van der Waals surface area contributed by atoms with E-state index < -0.39 is 5.60 Å². The Labute approximate surface area is 184 Å². The number of hydrogen-bond acceptors (Lipinski definition) is 5. The Hall–Kier alpha value is -3.06. The van der Waals surface area contributed by atoms with E-state index in [9.17, 15) is 14.7 Å². The Balaban J connectivity index is 0.000000311. The molecule has 0 saturated heterocycles. The van der Waals surface area contributed by atoms with E-state index in [4.69, 9.17) is 9.47 Å². The maximum Gasteiger partial charge on any atom is 0.221 e. The van der Waals surface area contributed by atoms with Crippen LogP contribution in [0.4, 0.5) is 11.4 Å². The normalized spacial score (nSPS) is 10.6. The van der Waals surface area contributed by atoms with Crippen LogP contribution in [-0.2, 0) is 15.2 Å². The Bertz CT molecular complexity index is 901. The maximum atomic E-state index is 10.9. The quantitative estimate of drug-likeness (QED) is 0.619. The van der Waals surface area contributed by atoms with Gasteiger partial charge < -0.3 is 25.2 Å². The van der Waals surface area contributed by atoms with E-state index in [-0.39, 0.29) is 11.8 Å². The third-order valence-corrected chi connectivity index (χ3v) is 4.36. The highest BCUT2D eigenvalue weighted by Crippen LogP contribution is 2.32. The zero-order valence-electron chi connectivity index (χ0n) is 19.6. The van der Waals surface area contributed by atoms with Crippen molar-refractivity contribution < 1.29 is 24.2 Å². The lowest BCUT2D eigenvalue weighted by molar-refractivity contribution is -0.115. The molecule has 0 heterocycles. The van der Waals surface area contributed by atoms with Crippen molar-refractivity contribution >= 4 is 23.2 Å². The van der Waals surface area contributed by atoms with Crippen molar-refractivity contribution in [3.63, 3.8) is 0 Å². The Kier molecular flexibility index (Phi) is 9.52. The van der Waals surface area contributed by atoms with Gasteiger partial charge in [-0.1, -0.05) is 26.0 Å². The van der Waals surface area contributed by atoms with Crippen LogP contribution in [0.5, 0.6) is 11.5 Å². The van der Waals surface area contributed by atoms with Gasteiger partial charge in [-0.05, 0) is 37.5 Å². The third-order valence-electron chi connectivity index (χ3n) is 4.36. The molecule has 0 spiro atoms. The van der Waals surface area contributed by atoms with Crippen molar-refractivity contribution in [2.45, 2.75) is 53.1 Å². The van der Waals surface area contributed by atoms with Crippen LogP contribution in [-0.4, -0.2) is 31.1 Å². The molecule has 31 heavy (non-hydrogen) atoms. The second-order valence-electron chi connectivity index (χ2n) is 7.95. The van der Waals surface area contributed by atoms with Crippen molar-refractivity contribution in [3.8, 4) is 11.5 Å². The van der Waals surface area contributed by atoms with Crippen molar-refractivity contribution in [3.05, 3.63) is 47.5 Å². The van der Waals surface area contributed by atoms with Gasteiger partial charge >= 0.3 is 0 Å². The molecule has 170 valence electrons. The van der Waals surface area contributed by atoms with Crippen molar-refractivity contribution in [2.75, 3.05) is 24.9 Å². The largest absolute Gasteiger partial charge is 0.496 e. The predicted molar refractivity (Wildman–Crippen MR) is 124 cm³/mol. The Morgan fingerprint density at radius 1 is 0.871 bits per heavy atom. The summed E-state index contributed by atoms with van der Waals surface area (Å²) in [5, 5.41) is 15.3. The van der Waals surface area contributed by atoms with Crippen molar-refractivity contribution in [1.82, 2.24) is 0 Å². The summed E-state index contributed by atoms with van der Waals surface area (Å²) >= 11 is 0. The van der Waals surface area contributed by atoms with E-state index in [1.165, 1.54) is 21.0 Å². The number of carbonyl (C=O) groups excluding carboxylic acids is 2. The van der Waals surface area contributed by atoms with E-state index in [0.717, 1.165) is 17.0 Å². The number of benzene rings is 2. The number of amides is 2. The first-order valence-corrected chi connectivity index (χ1v) is 10.0. The van der Waals surface area contributed by atoms with E-state index in [2.05, 4.69) is 24.5 Å². The first-order valence-electron chi connectivity index (χ1n) is 10.0. The van der Waals surface area contributed by atoms with E-state index >= 15 is 0 Å². The second-order valence-corrected chi connectivity index (χ2v) is 7.95. The number of carbonyl (C=O) groups is 2. The van der Waals surface area contributed by atoms with Gasteiger partial charge in [0.05, 0.1) is 19.8 Å². The van der Waals surface area contributed by atoms with Crippen LogP contribution in [0.1, 0.15) is 58.6 Å². The summed E-state index contributed by atoms with van der Waals surface area (Å²) in [6.45, 7) is 10.5. The first-order chi connectivity index (χ1) is 14.4. The minimum atomic E-state index is -0.972. The summed E-state index contributed by atoms with van der Waals surface area (Å²) < 4.78 is 10.5. The average Bonchev–Trinajstić information content (AvgIpc) is 2.66. The van der Waals surface area contributed by atoms with Crippen LogP contribution in [0.25, 0.3) is 0 Å². The lowest BCUT2D eigenvalue weighted by atomic mass is 9.97. The lowest BCUT2D eigenvalue weighted by Gasteiger charge is -2.21. The molecule has 2 rings (SSSR count). The molecule has 0 atom stereocenters. The Morgan fingerprint density at radius 2 is 1.32 bits per heavy atom. The molecule has 7 heteroatoms. The molecule has 0 aliphatic carbocycles. The van der Waals surface area contributed by atoms with Gasteiger partial charge in [-0.2, -0.15) is 0 Å². The van der Waals surface area contributed by atoms with Gasteiger partial charge in [-0.15, -0.1) is 0 Å². The highest BCUT2D eigenvalue weighted by molar-refractivity contribution is 5.89. The zero-order chi connectivity index (χ0) is 23.8. The molecular formula is C24H34N2O5. The number of ether oxygens (including phenoxy) is 2. The van der Waals surface area contributed by atoms with Crippen LogP contribution >= 0.6 is 0 Å². The zero-order valence-corrected chi connectivity index (χ0v) is 19.6. The summed E-state index contributed by atoms with van der Waals surface area (Å²) in [6.07, 6.45) is 0. The molecule has 0 aromatic heterocycles. The van der Waals surface area contributed by atoms with Gasteiger partial charge in [0.25, 0.3) is 0 Å². The predicted octanol–water partition coefficient (Wildman–Crippen LogP) is 4.66. The van der Waals surface area contributed by atoms with E-state index in [1.54, 1.807) is 39.2 Å². The van der Waals surface area contributed by atoms with Crippen LogP contribution in [0.2, 0.25) is 0 Å². The molecule has 0 bridgehead atoms. The lowest BCUT2D eigenvalue weighted by Crippen LogP contribution is -2.17. The topological polar surface area (TPSA) is 96.9 Å². The molecule has 2 aromatic rings. The van der Waals surface area contributed by atoms with Gasteiger partial charge in [0.1, 0.15) is 11.5 Å². The first kappa shape index (κ1) is 26.0. The minimum absolute atomic E-state index is 0.0747. The molecule has 3 N–H and O–H groups in total. The summed E-state index contributed by atoms with van der Waals surface area (Å²) in [6, 6.07) is 10.9. The molecule has 2 amide bonds.